The summed E-state index contributed by atoms with van der Waals surface area (Å²) in [5.74, 6) is 0.102. The fourth-order valence-corrected chi connectivity index (χ4v) is 2.93. The van der Waals surface area contributed by atoms with E-state index in [4.69, 9.17) is 20.9 Å². The third-order valence-corrected chi connectivity index (χ3v) is 4.42. The molecule has 3 aromatic rings. The number of halogens is 1. The minimum Gasteiger partial charge on any atom is -0.507 e. The maximum atomic E-state index is 12.5. The van der Waals surface area contributed by atoms with E-state index in [0.717, 1.165) is 6.07 Å². The lowest BCUT2D eigenvalue weighted by Crippen LogP contribution is -1.99. The van der Waals surface area contributed by atoms with Crippen LogP contribution in [-0.2, 0) is 0 Å². The van der Waals surface area contributed by atoms with E-state index >= 15 is 0 Å². The summed E-state index contributed by atoms with van der Waals surface area (Å²) in [4.78, 5) is 12.5. The molecule has 2 N–H and O–H groups in total. The quantitative estimate of drug-likeness (QED) is 0.574. The minimum absolute atomic E-state index is 0.0490. The fraction of sp³-hybridized carbons (Fsp3) is 0.200. The van der Waals surface area contributed by atoms with Gasteiger partial charge in [-0.1, -0.05) is 35.8 Å². The van der Waals surface area contributed by atoms with E-state index in [1.54, 1.807) is 31.4 Å². The van der Waals surface area contributed by atoms with Crippen molar-refractivity contribution in [1.82, 2.24) is 5.16 Å². The van der Waals surface area contributed by atoms with Gasteiger partial charge in [0.05, 0.1) is 17.7 Å². The van der Waals surface area contributed by atoms with Crippen molar-refractivity contribution >= 4 is 17.4 Å². The van der Waals surface area contributed by atoms with Crippen LogP contribution < -0.4 is 4.74 Å². The van der Waals surface area contributed by atoms with Crippen LogP contribution in [0.2, 0.25) is 5.02 Å². The van der Waals surface area contributed by atoms with Crippen molar-refractivity contribution in [3.63, 3.8) is 0 Å². The Hall–Kier alpha value is -2.99. The molecule has 0 radical (unpaired) electrons. The lowest BCUT2D eigenvalue weighted by molar-refractivity contribution is 0.0947. The first-order valence-electron chi connectivity index (χ1n) is 8.35. The number of phenolic OH excluding ortho intramolecular Hbond substituents is 2. The summed E-state index contributed by atoms with van der Waals surface area (Å²) in [7, 11) is 1.56. The van der Waals surface area contributed by atoms with Crippen molar-refractivity contribution < 1.29 is 24.3 Å². The molecule has 0 aliphatic rings. The van der Waals surface area contributed by atoms with Crippen LogP contribution in [0.3, 0.4) is 0 Å². The first-order chi connectivity index (χ1) is 13.0. The van der Waals surface area contributed by atoms with E-state index in [-0.39, 0.29) is 39.3 Å². The molecule has 7 heteroatoms. The second-order valence-electron chi connectivity index (χ2n) is 5.96. The van der Waals surface area contributed by atoms with Crippen LogP contribution in [0.1, 0.15) is 30.3 Å². The van der Waals surface area contributed by atoms with Gasteiger partial charge in [-0.05, 0) is 30.2 Å². The zero-order valence-corrected chi connectivity index (χ0v) is 15.6. The number of Topliss-reactive ketones (excluding diaryl/α,β-unsaturated/α-hetero) is 1. The van der Waals surface area contributed by atoms with E-state index in [9.17, 15) is 15.0 Å². The van der Waals surface area contributed by atoms with Crippen LogP contribution in [0.5, 0.6) is 17.2 Å². The number of carbonyl (C=O) groups is 1. The summed E-state index contributed by atoms with van der Waals surface area (Å²) >= 11 is 5.99. The molecule has 3 rings (SSSR count). The summed E-state index contributed by atoms with van der Waals surface area (Å²) in [5.41, 5.74) is 1.64. The highest BCUT2D eigenvalue weighted by molar-refractivity contribution is 6.32. The number of aromatic nitrogens is 1. The highest BCUT2D eigenvalue weighted by atomic mass is 35.5. The van der Waals surface area contributed by atoms with Crippen LogP contribution in [-0.4, -0.2) is 28.3 Å². The second kappa shape index (κ2) is 7.72. The fourth-order valence-electron chi connectivity index (χ4n) is 2.77. The van der Waals surface area contributed by atoms with Crippen LogP contribution >= 0.6 is 11.6 Å². The summed E-state index contributed by atoms with van der Waals surface area (Å²) < 4.78 is 10.5. The van der Waals surface area contributed by atoms with E-state index in [2.05, 4.69) is 5.16 Å². The monoisotopic (exact) mass is 387 g/mol. The summed E-state index contributed by atoms with van der Waals surface area (Å²) in [6, 6.07) is 9.56. The minimum atomic E-state index is -0.255. The Morgan fingerprint density at radius 3 is 2.52 bits per heavy atom. The second-order valence-corrected chi connectivity index (χ2v) is 6.36. The Labute approximate surface area is 161 Å². The van der Waals surface area contributed by atoms with Crippen LogP contribution in [0.25, 0.3) is 22.4 Å². The van der Waals surface area contributed by atoms with Crippen molar-refractivity contribution in [2.24, 2.45) is 0 Å². The van der Waals surface area contributed by atoms with Gasteiger partial charge in [-0.15, -0.1) is 0 Å². The van der Waals surface area contributed by atoms with Gasteiger partial charge < -0.3 is 19.5 Å². The smallest absolute Gasteiger partial charge is 0.210 e. The highest BCUT2D eigenvalue weighted by Gasteiger charge is 2.26. The zero-order chi connectivity index (χ0) is 19.6. The number of methoxy groups -OCH3 is 1. The Morgan fingerprint density at radius 2 is 1.89 bits per heavy atom. The average Bonchev–Trinajstić information content (AvgIpc) is 3.10. The topological polar surface area (TPSA) is 92.8 Å². The molecule has 0 atom stereocenters. The Kier molecular flexibility index (Phi) is 5.37. The van der Waals surface area contributed by atoms with Crippen LogP contribution in [0.15, 0.2) is 40.9 Å². The molecule has 27 heavy (non-hydrogen) atoms. The van der Waals surface area contributed by atoms with Gasteiger partial charge >= 0.3 is 0 Å². The lowest BCUT2D eigenvalue weighted by atomic mass is 9.96. The third-order valence-electron chi connectivity index (χ3n) is 4.12. The molecule has 0 amide bonds. The van der Waals surface area contributed by atoms with Crippen molar-refractivity contribution in [2.75, 3.05) is 7.11 Å². The predicted molar refractivity (Wildman–Crippen MR) is 102 cm³/mol. The van der Waals surface area contributed by atoms with Crippen molar-refractivity contribution in [2.45, 2.75) is 19.8 Å². The molecule has 2 aromatic carbocycles. The van der Waals surface area contributed by atoms with Gasteiger partial charge in [-0.3, -0.25) is 4.79 Å². The number of hydrogen-bond acceptors (Lipinski definition) is 6. The standard InChI is InChI=1S/C20H18ClNO5/c1-3-4-15(23)20-18(11-5-7-12(26-2)8-6-11)19(22-27-20)13-9-14(21)17(25)10-16(13)24/h5-10,24-25H,3-4H2,1-2H3. The molecule has 6 nitrogen and oxygen atoms in total. The molecule has 140 valence electrons. The van der Waals surface area contributed by atoms with Crippen LogP contribution in [0.4, 0.5) is 0 Å². The maximum Gasteiger partial charge on any atom is 0.210 e. The highest BCUT2D eigenvalue weighted by Crippen LogP contribution is 2.42. The van der Waals surface area contributed by atoms with Crippen molar-refractivity contribution in [3.05, 3.63) is 47.2 Å². The van der Waals surface area contributed by atoms with Gasteiger partial charge in [0, 0.05) is 18.1 Å². The van der Waals surface area contributed by atoms with E-state index in [1.807, 2.05) is 6.92 Å². The predicted octanol–water partition coefficient (Wildman–Crippen LogP) is 5.06. The normalized spacial score (nSPS) is 10.8. The molecule has 1 heterocycles. The number of ether oxygens (including phenoxy) is 1. The SMILES string of the molecule is CCCC(=O)c1onc(-c2cc(Cl)c(O)cc2O)c1-c1ccc(OC)cc1. The third kappa shape index (κ3) is 3.61. The number of ketones is 1. The van der Waals surface area contributed by atoms with Gasteiger partial charge in [0.25, 0.3) is 0 Å². The number of hydrogen-bond donors (Lipinski definition) is 2. The molecule has 0 saturated heterocycles. The maximum absolute atomic E-state index is 12.5. The van der Waals surface area contributed by atoms with E-state index in [0.29, 0.717) is 29.7 Å². The molecule has 0 spiro atoms. The van der Waals surface area contributed by atoms with E-state index in [1.165, 1.54) is 6.07 Å². The molecule has 0 unspecified atom stereocenters. The molecule has 0 bridgehead atoms. The first-order valence-corrected chi connectivity index (χ1v) is 8.73. The molecule has 0 saturated carbocycles. The van der Waals surface area contributed by atoms with Gasteiger partial charge in [0.1, 0.15) is 22.9 Å². The molecular formula is C20H18ClNO5. The number of benzene rings is 2. The number of aromatic hydroxyl groups is 2. The average molecular weight is 388 g/mol. The summed E-state index contributed by atoms with van der Waals surface area (Å²) in [5, 5.41) is 24.0. The Bertz CT molecular complexity index is 979. The van der Waals surface area contributed by atoms with Crippen molar-refractivity contribution in [1.29, 1.82) is 0 Å². The summed E-state index contributed by atoms with van der Waals surface area (Å²) in [6.07, 6.45) is 0.966. The number of rotatable bonds is 6. The zero-order valence-electron chi connectivity index (χ0n) is 14.8. The van der Waals surface area contributed by atoms with Crippen LogP contribution in [0, 0.1) is 0 Å². The molecule has 1 aromatic heterocycles. The molecular weight excluding hydrogens is 370 g/mol. The number of carbonyl (C=O) groups excluding carboxylic acids is 1. The van der Waals surface area contributed by atoms with E-state index < -0.39 is 0 Å². The molecule has 0 aliphatic carbocycles. The number of nitrogens with zero attached hydrogens (tertiary/aromatic N) is 1. The number of phenols is 2. The van der Waals surface area contributed by atoms with Gasteiger partial charge in [0.2, 0.25) is 11.5 Å². The van der Waals surface area contributed by atoms with Gasteiger partial charge in [0.15, 0.2) is 0 Å². The largest absolute Gasteiger partial charge is 0.507 e. The molecule has 0 fully saturated rings. The van der Waals surface area contributed by atoms with Gasteiger partial charge in [-0.25, -0.2) is 0 Å². The Morgan fingerprint density at radius 1 is 1.19 bits per heavy atom. The Balaban J connectivity index is 2.23. The first kappa shape index (κ1) is 18.8. The van der Waals surface area contributed by atoms with Gasteiger partial charge in [-0.2, -0.15) is 0 Å². The molecule has 0 aliphatic heterocycles. The lowest BCUT2D eigenvalue weighted by Gasteiger charge is -2.08. The summed E-state index contributed by atoms with van der Waals surface area (Å²) in [6.45, 7) is 1.90. The van der Waals surface area contributed by atoms with Crippen molar-refractivity contribution in [3.8, 4) is 39.6 Å².